The second kappa shape index (κ2) is 6.66. The summed E-state index contributed by atoms with van der Waals surface area (Å²) in [7, 11) is 1.89. The van der Waals surface area contributed by atoms with E-state index in [4.69, 9.17) is 12.2 Å². The Morgan fingerprint density at radius 1 is 1.55 bits per heavy atom. The van der Waals surface area contributed by atoms with E-state index in [9.17, 15) is 14.7 Å². The number of hydrogen-bond donors (Lipinski definition) is 1. The molecule has 0 aliphatic carbocycles. The average molecular weight is 338 g/mol. The molecule has 1 aromatic rings. The molecule has 1 aliphatic rings. The third kappa shape index (κ3) is 3.25. The van der Waals surface area contributed by atoms with Crippen LogP contribution in [-0.4, -0.2) is 36.8 Å². The third-order valence-corrected chi connectivity index (χ3v) is 5.02. The van der Waals surface area contributed by atoms with Gasteiger partial charge in [-0.1, -0.05) is 44.2 Å². The Labute approximate surface area is 139 Å². The number of aryl methyl sites for hydroxylation is 1. The van der Waals surface area contributed by atoms with E-state index in [0.717, 1.165) is 17.3 Å². The maximum atomic E-state index is 12.6. The number of aromatic nitrogens is 1. The van der Waals surface area contributed by atoms with Crippen molar-refractivity contribution < 1.29 is 14.7 Å². The number of carboxylic acids is 1. The van der Waals surface area contributed by atoms with Crippen LogP contribution in [0.1, 0.15) is 25.8 Å². The second-order valence-corrected chi connectivity index (χ2v) is 7.01. The fraction of sp³-hybridized carbons (Fsp3) is 0.400. The molecule has 22 heavy (non-hydrogen) atoms. The molecule has 2 atom stereocenters. The molecule has 0 radical (unpaired) electrons. The normalized spacial score (nSPS) is 19.8. The second-order valence-electron chi connectivity index (χ2n) is 5.33. The molecule has 0 spiro atoms. The molecule has 7 heteroatoms. The van der Waals surface area contributed by atoms with Gasteiger partial charge in [0.15, 0.2) is 0 Å². The molecular formula is C15H18N2O3S2. The predicted octanol–water partition coefficient (Wildman–Crippen LogP) is 2.73. The molecule has 0 saturated carbocycles. The van der Waals surface area contributed by atoms with Gasteiger partial charge in [0.25, 0.3) is 5.91 Å². The van der Waals surface area contributed by atoms with Crippen LogP contribution in [0.25, 0.3) is 6.08 Å². The summed E-state index contributed by atoms with van der Waals surface area (Å²) >= 11 is 6.39. The van der Waals surface area contributed by atoms with Gasteiger partial charge in [0.2, 0.25) is 0 Å². The standard InChI is InChI=1S/C15H18N2O3S2/c1-4-9(2)12(14(19)20)17-13(18)11(22-15(17)21)7-10-5-6-16(3)8-10/h5-9,12H,4H2,1-3H3,(H,19,20). The monoisotopic (exact) mass is 338 g/mol. The summed E-state index contributed by atoms with van der Waals surface area (Å²) < 4.78 is 2.19. The Hall–Kier alpha value is -1.60. The highest BCUT2D eigenvalue weighted by Gasteiger charge is 2.42. The Morgan fingerprint density at radius 2 is 2.23 bits per heavy atom. The molecule has 0 aromatic carbocycles. The fourth-order valence-electron chi connectivity index (χ4n) is 2.31. The molecule has 2 unspecified atom stereocenters. The molecule has 1 saturated heterocycles. The Bertz CT molecular complexity index is 651. The van der Waals surface area contributed by atoms with Gasteiger partial charge in [-0.25, -0.2) is 4.79 Å². The zero-order valence-corrected chi connectivity index (χ0v) is 14.3. The SMILES string of the molecule is CCC(C)C(C(=O)O)N1C(=O)C(=Cc2ccn(C)c2)SC1=S. The van der Waals surface area contributed by atoms with E-state index in [1.165, 1.54) is 4.90 Å². The van der Waals surface area contributed by atoms with Crippen molar-refractivity contribution in [2.75, 3.05) is 0 Å². The third-order valence-electron chi connectivity index (χ3n) is 3.69. The first-order valence-electron chi connectivity index (χ1n) is 6.97. The number of nitrogens with zero attached hydrogens (tertiary/aromatic N) is 2. The van der Waals surface area contributed by atoms with Crippen molar-refractivity contribution in [3.8, 4) is 0 Å². The van der Waals surface area contributed by atoms with Crippen molar-refractivity contribution in [2.45, 2.75) is 26.3 Å². The molecule has 5 nitrogen and oxygen atoms in total. The summed E-state index contributed by atoms with van der Waals surface area (Å²) in [6.07, 6.45) is 6.17. The van der Waals surface area contributed by atoms with Crippen LogP contribution < -0.4 is 0 Å². The molecule has 118 valence electrons. The van der Waals surface area contributed by atoms with Gasteiger partial charge in [0.05, 0.1) is 4.91 Å². The number of carbonyl (C=O) groups is 2. The van der Waals surface area contributed by atoms with Crippen molar-refractivity contribution in [3.05, 3.63) is 28.9 Å². The number of carbonyl (C=O) groups excluding carboxylic acids is 1. The van der Waals surface area contributed by atoms with Crippen LogP contribution in [0.4, 0.5) is 0 Å². The lowest BCUT2D eigenvalue weighted by atomic mass is 9.98. The smallest absolute Gasteiger partial charge is 0.327 e. The minimum atomic E-state index is -1.02. The van der Waals surface area contributed by atoms with Gasteiger partial charge in [-0.2, -0.15) is 0 Å². The van der Waals surface area contributed by atoms with Crippen LogP contribution in [0, 0.1) is 5.92 Å². The van der Waals surface area contributed by atoms with Gasteiger partial charge < -0.3 is 9.67 Å². The van der Waals surface area contributed by atoms with Crippen LogP contribution in [-0.2, 0) is 16.6 Å². The Kier molecular flexibility index (Phi) is 5.08. The minimum absolute atomic E-state index is 0.170. The zero-order chi connectivity index (χ0) is 16.4. The van der Waals surface area contributed by atoms with Crippen LogP contribution in [0.3, 0.4) is 0 Å². The molecule has 0 bridgehead atoms. The largest absolute Gasteiger partial charge is 0.480 e. The van der Waals surface area contributed by atoms with Gasteiger partial charge in [0, 0.05) is 19.4 Å². The van der Waals surface area contributed by atoms with E-state index in [1.54, 1.807) is 6.08 Å². The number of aliphatic carboxylic acids is 1. The van der Waals surface area contributed by atoms with Gasteiger partial charge in [0.1, 0.15) is 10.4 Å². The maximum absolute atomic E-state index is 12.6. The van der Waals surface area contributed by atoms with E-state index in [1.807, 2.05) is 43.9 Å². The van der Waals surface area contributed by atoms with E-state index >= 15 is 0 Å². The summed E-state index contributed by atoms with van der Waals surface area (Å²) in [5.41, 5.74) is 0.887. The average Bonchev–Trinajstić information content (AvgIpc) is 2.97. The van der Waals surface area contributed by atoms with Crippen LogP contribution in [0.5, 0.6) is 0 Å². The lowest BCUT2D eigenvalue weighted by Gasteiger charge is -2.27. The number of rotatable bonds is 5. The number of amides is 1. The van der Waals surface area contributed by atoms with E-state index in [2.05, 4.69) is 0 Å². The highest BCUT2D eigenvalue weighted by atomic mass is 32.2. The number of thiocarbonyl (C=S) groups is 1. The minimum Gasteiger partial charge on any atom is -0.480 e. The molecule has 1 amide bonds. The first-order chi connectivity index (χ1) is 10.3. The lowest BCUT2D eigenvalue weighted by molar-refractivity contribution is -0.147. The molecule has 1 N–H and O–H groups in total. The molecular weight excluding hydrogens is 320 g/mol. The number of carboxylic acid groups (broad SMARTS) is 1. The molecule has 1 aliphatic heterocycles. The van der Waals surface area contributed by atoms with Crippen molar-refractivity contribution in [1.29, 1.82) is 0 Å². The molecule has 2 heterocycles. The Morgan fingerprint density at radius 3 is 2.73 bits per heavy atom. The Balaban J connectivity index is 2.32. The number of hydrogen-bond acceptors (Lipinski definition) is 4. The maximum Gasteiger partial charge on any atom is 0.327 e. The summed E-state index contributed by atoms with van der Waals surface area (Å²) in [5.74, 6) is -1.52. The van der Waals surface area contributed by atoms with Crippen LogP contribution >= 0.6 is 24.0 Å². The first-order valence-corrected chi connectivity index (χ1v) is 8.19. The van der Waals surface area contributed by atoms with Gasteiger partial charge in [-0.3, -0.25) is 9.69 Å². The van der Waals surface area contributed by atoms with Crippen molar-refractivity contribution in [1.82, 2.24) is 9.47 Å². The quantitative estimate of drug-likeness (QED) is 0.661. The summed E-state index contributed by atoms with van der Waals surface area (Å²) in [5, 5.41) is 9.46. The van der Waals surface area contributed by atoms with Crippen molar-refractivity contribution >= 4 is 46.3 Å². The van der Waals surface area contributed by atoms with Gasteiger partial charge >= 0.3 is 5.97 Å². The van der Waals surface area contributed by atoms with Crippen molar-refractivity contribution in [2.24, 2.45) is 13.0 Å². The van der Waals surface area contributed by atoms with Gasteiger partial charge in [-0.15, -0.1) is 0 Å². The topological polar surface area (TPSA) is 62.5 Å². The summed E-state index contributed by atoms with van der Waals surface area (Å²) in [4.78, 5) is 25.8. The first kappa shape index (κ1) is 16.8. The van der Waals surface area contributed by atoms with Crippen molar-refractivity contribution in [3.63, 3.8) is 0 Å². The van der Waals surface area contributed by atoms with E-state index in [0.29, 0.717) is 15.6 Å². The van der Waals surface area contributed by atoms with E-state index < -0.39 is 12.0 Å². The summed E-state index contributed by atoms with van der Waals surface area (Å²) in [6.45, 7) is 3.72. The van der Waals surface area contributed by atoms with Gasteiger partial charge in [-0.05, 0) is 23.6 Å². The molecule has 1 aromatic heterocycles. The molecule has 2 rings (SSSR count). The molecule has 1 fully saturated rings. The summed E-state index contributed by atoms with van der Waals surface area (Å²) in [6, 6.07) is 0.967. The van der Waals surface area contributed by atoms with Crippen LogP contribution in [0.15, 0.2) is 23.4 Å². The predicted molar refractivity (Wildman–Crippen MR) is 91.3 cm³/mol. The van der Waals surface area contributed by atoms with E-state index in [-0.39, 0.29) is 11.8 Å². The fourth-order valence-corrected chi connectivity index (χ4v) is 3.64. The number of thioether (sulfide) groups is 1. The highest BCUT2D eigenvalue weighted by molar-refractivity contribution is 8.26. The van der Waals surface area contributed by atoms with Crippen LogP contribution in [0.2, 0.25) is 0 Å². The zero-order valence-electron chi connectivity index (χ0n) is 12.6. The lowest BCUT2D eigenvalue weighted by Crippen LogP contribution is -2.47. The highest BCUT2D eigenvalue weighted by Crippen LogP contribution is 2.35.